The maximum Gasteiger partial charge on any atom is 0.131 e. The Bertz CT molecular complexity index is 1100. The van der Waals surface area contributed by atoms with Gasteiger partial charge in [-0.25, -0.2) is 4.39 Å². The fourth-order valence-electron chi connectivity index (χ4n) is 2.86. The van der Waals surface area contributed by atoms with E-state index in [1.54, 1.807) is 30.7 Å². The first-order chi connectivity index (χ1) is 14.4. The van der Waals surface area contributed by atoms with Crippen LogP contribution in [-0.2, 0) is 0 Å². The number of aliphatic imine (C=N–C) groups is 1. The van der Waals surface area contributed by atoms with E-state index in [1.807, 2.05) is 19.9 Å². The number of nitrogen functional groups attached to an aromatic ring is 1. The van der Waals surface area contributed by atoms with Gasteiger partial charge < -0.3 is 16.4 Å². The van der Waals surface area contributed by atoms with Gasteiger partial charge in [0.2, 0.25) is 0 Å². The summed E-state index contributed by atoms with van der Waals surface area (Å²) in [5.74, 6) is -0.119. The van der Waals surface area contributed by atoms with Crippen LogP contribution in [0.4, 0.5) is 10.1 Å². The van der Waals surface area contributed by atoms with Crippen LogP contribution in [-0.4, -0.2) is 30.6 Å². The van der Waals surface area contributed by atoms with E-state index < -0.39 is 5.82 Å². The first-order valence-electron chi connectivity index (χ1n) is 9.37. The molecule has 2 rings (SSSR count). The number of anilines is 1. The van der Waals surface area contributed by atoms with Crippen LogP contribution < -0.4 is 26.8 Å². The number of rotatable bonds is 8. The molecule has 0 atom stereocenters. The molecule has 0 spiro atoms. The van der Waals surface area contributed by atoms with Crippen molar-refractivity contribution >= 4 is 30.5 Å². The minimum absolute atomic E-state index is 0.278. The third-order valence-electron chi connectivity index (χ3n) is 4.48. The number of nitrogens with two attached hydrogens (primary N) is 1. The fraction of sp³-hybridized carbons (Fsp3) is 0.174. The minimum Gasteiger partial charge on any atom is -0.397 e. The van der Waals surface area contributed by atoms with Crippen molar-refractivity contribution in [3.8, 4) is 11.1 Å². The summed E-state index contributed by atoms with van der Waals surface area (Å²) in [6, 6.07) is 3.14. The molecular formula is C23H27FN6. The molecule has 5 N–H and O–H groups in total. The van der Waals surface area contributed by atoms with Crippen molar-refractivity contribution in [2.45, 2.75) is 13.8 Å². The van der Waals surface area contributed by atoms with Crippen molar-refractivity contribution in [2.75, 3.05) is 18.8 Å². The van der Waals surface area contributed by atoms with Gasteiger partial charge in [-0.05, 0) is 55.8 Å². The second-order valence-electron chi connectivity index (χ2n) is 6.75. The van der Waals surface area contributed by atoms with Gasteiger partial charge in [0.1, 0.15) is 11.7 Å². The molecule has 0 aliphatic rings. The highest BCUT2D eigenvalue weighted by molar-refractivity contribution is 5.91. The standard InChI is InChI=1S/C23H27FN6/c1-5-28-11-15(2)8-23(26)30-7-6-17-9-19(21(24)10-18(17)12-27-4)20-13-29-14-22(25)16(20)3/h5-6,8-10,12-14,28H,1,4,7,11,25H2,2-3H3,(H2,26,30)/b15-8+,17-6-,18-12-. The average Bonchev–Trinajstić information content (AvgIpc) is 2.70. The number of hydrogen-bond acceptors (Lipinski definition) is 5. The Morgan fingerprint density at radius 1 is 1.30 bits per heavy atom. The number of amidine groups is 1. The number of hydrogen-bond donors (Lipinski definition) is 4. The van der Waals surface area contributed by atoms with Gasteiger partial charge in [0.15, 0.2) is 0 Å². The van der Waals surface area contributed by atoms with E-state index in [0.717, 1.165) is 16.4 Å². The molecule has 0 amide bonds. The van der Waals surface area contributed by atoms with Gasteiger partial charge in [0, 0.05) is 41.8 Å². The molecule has 2 aromatic rings. The second-order valence-corrected chi connectivity index (χ2v) is 6.75. The highest BCUT2D eigenvalue weighted by atomic mass is 19.1. The van der Waals surface area contributed by atoms with Crippen LogP contribution in [0.2, 0.25) is 0 Å². The van der Waals surface area contributed by atoms with Gasteiger partial charge in [-0.2, -0.15) is 0 Å². The Morgan fingerprint density at radius 2 is 2.07 bits per heavy atom. The minimum atomic E-state index is -0.397. The molecule has 0 bridgehead atoms. The zero-order valence-electron chi connectivity index (χ0n) is 17.3. The molecule has 156 valence electrons. The molecule has 0 fully saturated rings. The van der Waals surface area contributed by atoms with E-state index in [4.69, 9.17) is 11.1 Å². The normalized spacial score (nSPS) is 12.6. The van der Waals surface area contributed by atoms with Gasteiger partial charge >= 0.3 is 0 Å². The lowest BCUT2D eigenvalue weighted by Gasteiger charge is -2.09. The Morgan fingerprint density at radius 3 is 2.77 bits per heavy atom. The van der Waals surface area contributed by atoms with Gasteiger partial charge in [-0.15, -0.1) is 0 Å². The largest absolute Gasteiger partial charge is 0.397 e. The van der Waals surface area contributed by atoms with Crippen LogP contribution in [0.3, 0.4) is 0 Å². The van der Waals surface area contributed by atoms with Crippen molar-refractivity contribution in [3.63, 3.8) is 0 Å². The summed E-state index contributed by atoms with van der Waals surface area (Å²) < 4.78 is 14.8. The Labute approximate surface area is 176 Å². The lowest BCUT2D eigenvalue weighted by atomic mass is 10.00. The topological polar surface area (TPSA) is 99.2 Å². The molecule has 0 aliphatic heterocycles. The summed E-state index contributed by atoms with van der Waals surface area (Å²) in [6.07, 6.45) is 9.86. The van der Waals surface area contributed by atoms with Crippen LogP contribution >= 0.6 is 0 Å². The molecule has 1 aromatic heterocycles. The summed E-state index contributed by atoms with van der Waals surface area (Å²) in [4.78, 5) is 7.86. The Kier molecular flexibility index (Phi) is 8.05. The molecule has 0 unspecified atom stereocenters. The third kappa shape index (κ3) is 5.88. The van der Waals surface area contributed by atoms with Gasteiger partial charge in [-0.1, -0.05) is 18.2 Å². The molecule has 0 saturated heterocycles. The van der Waals surface area contributed by atoms with Crippen molar-refractivity contribution in [2.24, 2.45) is 4.99 Å². The Hall–Kier alpha value is -3.74. The molecular weight excluding hydrogens is 379 g/mol. The number of nitrogens with zero attached hydrogens (tertiary/aromatic N) is 2. The van der Waals surface area contributed by atoms with E-state index in [-0.39, 0.29) is 5.84 Å². The fourth-order valence-corrected chi connectivity index (χ4v) is 2.86. The molecule has 7 heteroatoms. The number of pyridine rings is 1. The highest BCUT2D eigenvalue weighted by Crippen LogP contribution is 2.26. The van der Waals surface area contributed by atoms with Crippen molar-refractivity contribution in [3.05, 3.63) is 70.8 Å². The van der Waals surface area contributed by atoms with Gasteiger partial charge in [0.05, 0.1) is 11.9 Å². The summed E-state index contributed by atoms with van der Waals surface area (Å²) in [5, 5.41) is 15.4. The zero-order valence-corrected chi connectivity index (χ0v) is 17.3. The average molecular weight is 407 g/mol. The Balaban J connectivity index is 2.37. The second kappa shape index (κ2) is 10.7. The molecule has 6 nitrogen and oxygen atoms in total. The van der Waals surface area contributed by atoms with E-state index in [1.165, 1.54) is 12.3 Å². The van der Waals surface area contributed by atoms with E-state index in [0.29, 0.717) is 35.1 Å². The molecule has 1 heterocycles. The van der Waals surface area contributed by atoms with Gasteiger partial charge in [-0.3, -0.25) is 15.4 Å². The van der Waals surface area contributed by atoms with Crippen LogP contribution in [0.25, 0.3) is 23.4 Å². The van der Waals surface area contributed by atoms with Crippen molar-refractivity contribution < 1.29 is 4.39 Å². The predicted octanol–water partition coefficient (Wildman–Crippen LogP) is 2.24. The van der Waals surface area contributed by atoms with Crippen LogP contribution in [0, 0.1) is 18.2 Å². The SMILES string of the molecule is C=CNC/C(C)=C/C(=N)NC/C=c1/cc(-c2cncc(N)c2C)c(F)c/c1=C/N=C. The van der Waals surface area contributed by atoms with Crippen LogP contribution in [0.5, 0.6) is 0 Å². The number of benzene rings is 1. The van der Waals surface area contributed by atoms with E-state index >= 15 is 0 Å². The summed E-state index contributed by atoms with van der Waals surface area (Å²) in [5.41, 5.74) is 9.23. The molecule has 0 saturated carbocycles. The number of nitrogens with one attached hydrogen (secondary N) is 3. The van der Waals surface area contributed by atoms with Crippen LogP contribution in [0.1, 0.15) is 12.5 Å². The lowest BCUT2D eigenvalue weighted by molar-refractivity contribution is 0.629. The third-order valence-corrected chi connectivity index (χ3v) is 4.48. The van der Waals surface area contributed by atoms with E-state index in [2.05, 4.69) is 33.9 Å². The highest BCUT2D eigenvalue weighted by Gasteiger charge is 2.10. The first kappa shape index (κ1) is 22.5. The predicted molar refractivity (Wildman–Crippen MR) is 124 cm³/mol. The molecule has 0 radical (unpaired) electrons. The summed E-state index contributed by atoms with van der Waals surface area (Å²) >= 11 is 0. The van der Waals surface area contributed by atoms with Crippen molar-refractivity contribution in [1.82, 2.24) is 15.6 Å². The summed E-state index contributed by atoms with van der Waals surface area (Å²) in [7, 11) is 0. The zero-order chi connectivity index (χ0) is 22.1. The van der Waals surface area contributed by atoms with Crippen molar-refractivity contribution in [1.29, 1.82) is 5.41 Å². The molecule has 1 aromatic carbocycles. The monoisotopic (exact) mass is 406 g/mol. The molecule has 30 heavy (non-hydrogen) atoms. The summed E-state index contributed by atoms with van der Waals surface area (Å²) in [6.45, 7) is 11.8. The maximum atomic E-state index is 14.8. The van der Waals surface area contributed by atoms with E-state index in [9.17, 15) is 4.39 Å². The lowest BCUT2D eigenvalue weighted by Crippen LogP contribution is -2.29. The van der Waals surface area contributed by atoms with Gasteiger partial charge in [0.25, 0.3) is 0 Å². The maximum absolute atomic E-state index is 14.8. The number of halogens is 1. The quantitative estimate of drug-likeness (QED) is 0.399. The smallest absolute Gasteiger partial charge is 0.131 e. The number of aromatic nitrogens is 1. The first-order valence-corrected chi connectivity index (χ1v) is 9.37. The van der Waals surface area contributed by atoms with Crippen LogP contribution in [0.15, 0.2) is 53.9 Å². The molecule has 0 aliphatic carbocycles.